The zero-order chi connectivity index (χ0) is 16.0. The Morgan fingerprint density at radius 1 is 1.17 bits per heavy atom. The van der Waals surface area contributed by atoms with Gasteiger partial charge >= 0.3 is 0 Å². The van der Waals surface area contributed by atoms with Crippen molar-refractivity contribution < 1.29 is 4.79 Å². The molecule has 0 unspecified atom stereocenters. The predicted molar refractivity (Wildman–Crippen MR) is 87.1 cm³/mol. The van der Waals surface area contributed by atoms with Gasteiger partial charge in [-0.1, -0.05) is 41.9 Å². The minimum Gasteiger partial charge on any atom is -0.300 e. The number of nitrogens with one attached hydrogen (secondary N) is 1. The number of fused-ring (bicyclic) bond motifs is 3. The fraction of sp³-hybridized carbons (Fsp3) is 0.118. The van der Waals surface area contributed by atoms with Crippen LogP contribution in [0.4, 0.5) is 5.95 Å². The Morgan fingerprint density at radius 3 is 2.70 bits per heavy atom. The number of halogens is 1. The maximum atomic E-state index is 12.3. The first kappa shape index (κ1) is 13.8. The van der Waals surface area contributed by atoms with Gasteiger partial charge in [-0.15, -0.1) is 0 Å². The van der Waals surface area contributed by atoms with Gasteiger partial charge < -0.3 is 4.57 Å². The molecule has 1 N–H and O–H groups in total. The predicted octanol–water partition coefficient (Wildman–Crippen LogP) is 3.37. The van der Waals surface area contributed by atoms with E-state index in [1.165, 1.54) is 0 Å². The van der Waals surface area contributed by atoms with Crippen molar-refractivity contribution in [3.8, 4) is 6.07 Å². The van der Waals surface area contributed by atoms with Crippen molar-refractivity contribution in [2.24, 2.45) is 5.92 Å². The third-order valence-electron chi connectivity index (χ3n) is 4.07. The lowest BCUT2D eigenvalue weighted by Crippen LogP contribution is -2.37. The maximum Gasteiger partial charge on any atom is 0.246 e. The maximum absolute atomic E-state index is 12.3. The van der Waals surface area contributed by atoms with E-state index in [2.05, 4.69) is 16.4 Å². The smallest absolute Gasteiger partial charge is 0.246 e. The molecule has 0 aliphatic carbocycles. The molecule has 1 aromatic heterocycles. The van der Waals surface area contributed by atoms with Crippen LogP contribution in [0.1, 0.15) is 11.6 Å². The third kappa shape index (κ3) is 2.00. The van der Waals surface area contributed by atoms with Crippen LogP contribution in [0, 0.1) is 17.2 Å². The SMILES string of the molecule is N#C[C@@H]1C(=O)Nc2nc3ccccc3n2[C@@H]1c1ccccc1Cl. The lowest BCUT2D eigenvalue weighted by atomic mass is 9.91. The van der Waals surface area contributed by atoms with Crippen LogP contribution < -0.4 is 5.32 Å². The minimum absolute atomic E-state index is 0.361. The summed E-state index contributed by atoms with van der Waals surface area (Å²) in [5.41, 5.74) is 2.35. The zero-order valence-electron chi connectivity index (χ0n) is 11.9. The molecule has 0 radical (unpaired) electrons. The molecule has 2 atom stereocenters. The van der Waals surface area contributed by atoms with Crippen LogP contribution in [0.3, 0.4) is 0 Å². The monoisotopic (exact) mass is 322 g/mol. The van der Waals surface area contributed by atoms with Crippen LogP contribution in [0.2, 0.25) is 5.02 Å². The lowest BCUT2D eigenvalue weighted by Gasteiger charge is -2.30. The summed E-state index contributed by atoms with van der Waals surface area (Å²) >= 11 is 6.34. The Hall–Kier alpha value is -2.84. The molecular weight excluding hydrogens is 312 g/mol. The van der Waals surface area contributed by atoms with Gasteiger partial charge in [0.05, 0.1) is 23.1 Å². The second kappa shape index (κ2) is 5.11. The molecule has 0 fully saturated rings. The Bertz CT molecular complexity index is 972. The van der Waals surface area contributed by atoms with E-state index in [0.29, 0.717) is 11.0 Å². The highest BCUT2D eigenvalue weighted by Crippen LogP contribution is 2.39. The van der Waals surface area contributed by atoms with E-state index in [4.69, 9.17) is 11.6 Å². The van der Waals surface area contributed by atoms with E-state index in [1.807, 2.05) is 47.0 Å². The molecule has 1 aliphatic heterocycles. The van der Waals surface area contributed by atoms with Gasteiger partial charge in [-0.3, -0.25) is 10.1 Å². The van der Waals surface area contributed by atoms with Crippen LogP contribution in [-0.4, -0.2) is 15.5 Å². The number of hydrogen-bond donors (Lipinski definition) is 1. The number of anilines is 1. The fourth-order valence-electron chi connectivity index (χ4n) is 3.06. The summed E-state index contributed by atoms with van der Waals surface area (Å²) < 4.78 is 1.88. The van der Waals surface area contributed by atoms with Crippen molar-refractivity contribution in [2.75, 3.05) is 5.32 Å². The Kier molecular flexibility index (Phi) is 3.07. The van der Waals surface area contributed by atoms with Crippen molar-refractivity contribution in [1.29, 1.82) is 5.26 Å². The molecule has 4 rings (SSSR count). The number of amides is 1. The molecule has 0 bridgehead atoms. The van der Waals surface area contributed by atoms with Gasteiger partial charge in [-0.2, -0.15) is 5.26 Å². The standard InChI is InChI=1S/C17H11ClN4O/c18-12-6-2-1-5-10(12)15-11(9-19)16(23)21-17-20-13-7-3-4-8-14(13)22(15)17/h1-8,11,15H,(H,20,21,23)/t11-,15+/m0/s1. The van der Waals surface area contributed by atoms with Crippen molar-refractivity contribution in [3.63, 3.8) is 0 Å². The fourth-order valence-corrected chi connectivity index (χ4v) is 3.30. The Balaban J connectivity index is 2.05. The summed E-state index contributed by atoms with van der Waals surface area (Å²) in [5, 5.41) is 12.8. The summed E-state index contributed by atoms with van der Waals surface area (Å²) in [6, 6.07) is 16.4. The van der Waals surface area contributed by atoms with E-state index in [1.54, 1.807) is 6.07 Å². The highest BCUT2D eigenvalue weighted by Gasteiger charge is 2.39. The molecule has 0 saturated carbocycles. The van der Waals surface area contributed by atoms with Gasteiger partial charge in [-0.25, -0.2) is 4.98 Å². The molecule has 1 aliphatic rings. The quantitative estimate of drug-likeness (QED) is 0.746. The molecule has 2 heterocycles. The molecule has 23 heavy (non-hydrogen) atoms. The summed E-state index contributed by atoms with van der Waals surface area (Å²) in [4.78, 5) is 16.8. The largest absolute Gasteiger partial charge is 0.300 e. The molecule has 1 amide bonds. The second-order valence-electron chi connectivity index (χ2n) is 5.36. The van der Waals surface area contributed by atoms with Crippen molar-refractivity contribution in [3.05, 3.63) is 59.1 Å². The highest BCUT2D eigenvalue weighted by atomic mass is 35.5. The lowest BCUT2D eigenvalue weighted by molar-refractivity contribution is -0.119. The third-order valence-corrected chi connectivity index (χ3v) is 4.41. The highest BCUT2D eigenvalue weighted by molar-refractivity contribution is 6.31. The van der Waals surface area contributed by atoms with E-state index in [0.717, 1.165) is 16.6 Å². The first-order valence-electron chi connectivity index (χ1n) is 7.12. The summed E-state index contributed by atoms with van der Waals surface area (Å²) in [6.07, 6.45) is 0. The molecule has 0 spiro atoms. The average molecular weight is 323 g/mol. The summed E-state index contributed by atoms with van der Waals surface area (Å²) in [5.74, 6) is -0.798. The summed E-state index contributed by atoms with van der Waals surface area (Å²) in [7, 11) is 0. The van der Waals surface area contributed by atoms with Gasteiger partial charge in [0.15, 0.2) is 5.92 Å². The molecule has 0 saturated heterocycles. The molecule has 5 nitrogen and oxygen atoms in total. The zero-order valence-corrected chi connectivity index (χ0v) is 12.7. The van der Waals surface area contributed by atoms with Crippen LogP contribution in [0.25, 0.3) is 11.0 Å². The van der Waals surface area contributed by atoms with Gasteiger partial charge in [0.25, 0.3) is 0 Å². The van der Waals surface area contributed by atoms with Crippen LogP contribution in [0.5, 0.6) is 0 Å². The topological polar surface area (TPSA) is 70.7 Å². The van der Waals surface area contributed by atoms with Gasteiger partial charge in [-0.05, 0) is 23.8 Å². The first-order valence-corrected chi connectivity index (χ1v) is 7.50. The van der Waals surface area contributed by atoms with Crippen LogP contribution in [-0.2, 0) is 4.79 Å². The summed E-state index contributed by atoms with van der Waals surface area (Å²) in [6.45, 7) is 0. The normalized spacial score (nSPS) is 19.9. The first-order chi connectivity index (χ1) is 11.2. The van der Waals surface area contributed by atoms with Crippen molar-refractivity contribution in [1.82, 2.24) is 9.55 Å². The van der Waals surface area contributed by atoms with Crippen LogP contribution >= 0.6 is 11.6 Å². The van der Waals surface area contributed by atoms with E-state index in [-0.39, 0.29) is 5.91 Å². The molecule has 2 aromatic carbocycles. The number of imidazole rings is 1. The average Bonchev–Trinajstić information content (AvgIpc) is 2.92. The van der Waals surface area contributed by atoms with Gasteiger partial charge in [0, 0.05) is 5.02 Å². The molecule has 3 aromatic rings. The number of carbonyl (C=O) groups is 1. The van der Waals surface area contributed by atoms with Crippen LogP contribution in [0.15, 0.2) is 48.5 Å². The van der Waals surface area contributed by atoms with E-state index in [9.17, 15) is 10.1 Å². The van der Waals surface area contributed by atoms with Crippen molar-refractivity contribution in [2.45, 2.75) is 6.04 Å². The Morgan fingerprint density at radius 2 is 1.91 bits per heavy atom. The number of carbonyl (C=O) groups excluding carboxylic acids is 1. The number of nitriles is 1. The number of para-hydroxylation sites is 2. The second-order valence-corrected chi connectivity index (χ2v) is 5.76. The van der Waals surface area contributed by atoms with Gasteiger partial charge in [0.1, 0.15) is 0 Å². The minimum atomic E-state index is -0.875. The van der Waals surface area contributed by atoms with Gasteiger partial charge in [0.2, 0.25) is 11.9 Å². The molecule has 6 heteroatoms. The molecular formula is C17H11ClN4O. The number of benzene rings is 2. The number of nitrogens with zero attached hydrogens (tertiary/aromatic N) is 3. The van der Waals surface area contributed by atoms with E-state index >= 15 is 0 Å². The number of aromatic nitrogens is 2. The van der Waals surface area contributed by atoms with E-state index < -0.39 is 12.0 Å². The van der Waals surface area contributed by atoms with Crippen molar-refractivity contribution >= 4 is 34.5 Å². The number of rotatable bonds is 1. The Labute approximate surface area is 137 Å². The number of hydrogen-bond acceptors (Lipinski definition) is 3. The molecule has 112 valence electrons.